The van der Waals surface area contributed by atoms with E-state index >= 15 is 0 Å². The second kappa shape index (κ2) is 5.06. The van der Waals surface area contributed by atoms with Crippen LogP contribution in [0.1, 0.15) is 16.2 Å². The van der Waals surface area contributed by atoms with Crippen LogP contribution in [0.3, 0.4) is 0 Å². The van der Waals surface area contributed by atoms with Gasteiger partial charge in [-0.15, -0.1) is 0 Å². The predicted molar refractivity (Wildman–Crippen MR) is 58.3 cm³/mol. The molecule has 0 aliphatic rings. The maximum atomic E-state index is 11.5. The molecule has 0 atom stereocenters. The van der Waals surface area contributed by atoms with Gasteiger partial charge in [-0.25, -0.2) is 9.97 Å². The average Bonchev–Trinajstić information content (AvgIpc) is 2.90. The first kappa shape index (κ1) is 11.1. The number of methoxy groups -OCH3 is 1. The molecule has 0 unspecified atom stereocenters. The van der Waals surface area contributed by atoms with Gasteiger partial charge in [0.05, 0.1) is 7.11 Å². The van der Waals surface area contributed by atoms with Gasteiger partial charge in [-0.2, -0.15) is 5.10 Å². The molecular weight excluding hydrogens is 222 g/mol. The summed E-state index contributed by atoms with van der Waals surface area (Å²) in [5.41, 5.74) is 0.874. The smallest absolute Gasteiger partial charge is 0.288 e. The zero-order chi connectivity index (χ0) is 12.1. The molecule has 2 aromatic rings. The second-order valence-electron chi connectivity index (χ2n) is 3.23. The van der Waals surface area contributed by atoms with Crippen molar-refractivity contribution in [3.05, 3.63) is 36.0 Å². The van der Waals surface area contributed by atoms with Gasteiger partial charge in [0.2, 0.25) is 11.7 Å². The summed E-state index contributed by atoms with van der Waals surface area (Å²) in [7, 11) is 1.55. The molecule has 7 nitrogen and oxygen atoms in total. The molecule has 2 N–H and O–H groups in total. The highest BCUT2D eigenvalue weighted by Crippen LogP contribution is 2.06. The Morgan fingerprint density at radius 2 is 2.35 bits per heavy atom. The highest BCUT2D eigenvalue weighted by molar-refractivity contribution is 5.90. The van der Waals surface area contributed by atoms with E-state index in [4.69, 9.17) is 4.74 Å². The number of rotatable bonds is 4. The minimum absolute atomic E-state index is 0.187. The minimum atomic E-state index is -0.307. The van der Waals surface area contributed by atoms with E-state index in [-0.39, 0.29) is 11.7 Å². The normalized spacial score (nSPS) is 9.94. The predicted octanol–water partition coefficient (Wildman–Crippen LogP) is 0.138. The van der Waals surface area contributed by atoms with E-state index in [9.17, 15) is 4.79 Å². The third kappa shape index (κ3) is 2.77. The molecule has 2 rings (SSSR count). The first-order valence-electron chi connectivity index (χ1n) is 4.92. The van der Waals surface area contributed by atoms with Crippen LogP contribution in [0.15, 0.2) is 24.7 Å². The molecule has 0 saturated heterocycles. The van der Waals surface area contributed by atoms with Crippen molar-refractivity contribution in [2.45, 2.75) is 6.54 Å². The second-order valence-corrected chi connectivity index (χ2v) is 3.23. The highest BCUT2D eigenvalue weighted by atomic mass is 16.5. The molecule has 0 aliphatic carbocycles. The van der Waals surface area contributed by atoms with Gasteiger partial charge in [-0.1, -0.05) is 6.07 Å². The summed E-state index contributed by atoms with van der Waals surface area (Å²) in [5, 5.41) is 8.76. The fraction of sp³-hybridized carbons (Fsp3) is 0.200. The van der Waals surface area contributed by atoms with Crippen molar-refractivity contribution in [3.8, 4) is 5.88 Å². The van der Waals surface area contributed by atoms with E-state index in [1.54, 1.807) is 19.4 Å². The van der Waals surface area contributed by atoms with Crippen LogP contribution in [-0.4, -0.2) is 33.2 Å². The van der Waals surface area contributed by atoms with Crippen molar-refractivity contribution in [1.82, 2.24) is 25.5 Å². The van der Waals surface area contributed by atoms with Gasteiger partial charge in [-0.3, -0.25) is 9.89 Å². The number of nitrogens with zero attached hydrogens (tertiary/aromatic N) is 3. The number of aromatic amines is 1. The summed E-state index contributed by atoms with van der Waals surface area (Å²) in [6, 6.07) is 3.56. The summed E-state index contributed by atoms with van der Waals surface area (Å²) in [4.78, 5) is 19.3. The van der Waals surface area contributed by atoms with Crippen molar-refractivity contribution in [2.24, 2.45) is 0 Å². The van der Waals surface area contributed by atoms with Crippen LogP contribution < -0.4 is 10.1 Å². The number of pyridine rings is 1. The van der Waals surface area contributed by atoms with Gasteiger partial charge in [-0.05, 0) is 5.56 Å². The molecular formula is C10H11N5O2. The van der Waals surface area contributed by atoms with E-state index in [1.807, 2.05) is 6.07 Å². The van der Waals surface area contributed by atoms with Gasteiger partial charge in [0, 0.05) is 18.8 Å². The van der Waals surface area contributed by atoms with Gasteiger partial charge < -0.3 is 10.1 Å². The first-order valence-corrected chi connectivity index (χ1v) is 4.92. The molecule has 7 heteroatoms. The van der Waals surface area contributed by atoms with Gasteiger partial charge in [0.15, 0.2) is 0 Å². The lowest BCUT2D eigenvalue weighted by Gasteiger charge is -2.03. The maximum absolute atomic E-state index is 11.5. The lowest BCUT2D eigenvalue weighted by atomic mass is 10.3. The number of carbonyl (C=O) groups is 1. The van der Waals surface area contributed by atoms with Crippen LogP contribution in [0, 0.1) is 0 Å². The molecule has 0 fully saturated rings. The third-order valence-corrected chi connectivity index (χ3v) is 2.09. The van der Waals surface area contributed by atoms with Crippen molar-refractivity contribution >= 4 is 5.91 Å². The lowest BCUT2D eigenvalue weighted by molar-refractivity contribution is 0.0941. The number of ether oxygens (including phenoxy) is 1. The molecule has 0 saturated carbocycles. The number of aromatic nitrogens is 4. The molecule has 17 heavy (non-hydrogen) atoms. The van der Waals surface area contributed by atoms with Crippen LogP contribution in [-0.2, 0) is 6.54 Å². The fourth-order valence-corrected chi connectivity index (χ4v) is 1.22. The Balaban J connectivity index is 1.91. The van der Waals surface area contributed by atoms with E-state index in [2.05, 4.69) is 25.5 Å². The summed E-state index contributed by atoms with van der Waals surface area (Å²) in [6.45, 7) is 0.372. The van der Waals surface area contributed by atoms with Crippen molar-refractivity contribution in [1.29, 1.82) is 0 Å². The van der Waals surface area contributed by atoms with Gasteiger partial charge in [0.1, 0.15) is 6.33 Å². The Kier molecular flexibility index (Phi) is 3.29. The SMILES string of the molecule is COc1ccc(CNC(=O)c2ncn[nH]2)cn1. The van der Waals surface area contributed by atoms with Crippen molar-refractivity contribution < 1.29 is 9.53 Å². The van der Waals surface area contributed by atoms with Crippen LogP contribution in [0.5, 0.6) is 5.88 Å². The Morgan fingerprint density at radius 3 is 2.94 bits per heavy atom. The van der Waals surface area contributed by atoms with Crippen molar-refractivity contribution in [2.75, 3.05) is 7.11 Å². The van der Waals surface area contributed by atoms with Crippen LogP contribution in [0.4, 0.5) is 0 Å². The molecule has 2 heterocycles. The fourth-order valence-electron chi connectivity index (χ4n) is 1.22. The van der Waals surface area contributed by atoms with Crippen LogP contribution in [0.25, 0.3) is 0 Å². The first-order chi connectivity index (χ1) is 8.29. The summed E-state index contributed by atoms with van der Waals surface area (Å²) in [6.07, 6.45) is 2.92. The zero-order valence-electron chi connectivity index (χ0n) is 9.17. The molecule has 0 bridgehead atoms. The molecule has 0 aromatic carbocycles. The standard InChI is InChI=1S/C10H11N5O2/c1-17-8-3-2-7(4-11-8)5-12-10(16)9-13-6-14-15-9/h2-4,6H,5H2,1H3,(H,12,16)(H,13,14,15). The number of nitrogens with one attached hydrogen (secondary N) is 2. The molecule has 0 aliphatic heterocycles. The highest BCUT2D eigenvalue weighted by Gasteiger charge is 2.07. The van der Waals surface area contributed by atoms with Crippen LogP contribution in [0.2, 0.25) is 0 Å². The Hall–Kier alpha value is -2.44. The number of hydrogen-bond donors (Lipinski definition) is 2. The topological polar surface area (TPSA) is 92.8 Å². The van der Waals surface area contributed by atoms with Crippen molar-refractivity contribution in [3.63, 3.8) is 0 Å². The minimum Gasteiger partial charge on any atom is -0.481 e. The van der Waals surface area contributed by atoms with Gasteiger partial charge in [0.25, 0.3) is 5.91 Å². The van der Waals surface area contributed by atoms with E-state index < -0.39 is 0 Å². The molecule has 0 spiro atoms. The Morgan fingerprint density at radius 1 is 1.47 bits per heavy atom. The van der Waals surface area contributed by atoms with Crippen LogP contribution >= 0.6 is 0 Å². The number of H-pyrrole nitrogens is 1. The zero-order valence-corrected chi connectivity index (χ0v) is 9.17. The lowest BCUT2D eigenvalue weighted by Crippen LogP contribution is -2.24. The Bertz CT molecular complexity index is 480. The van der Waals surface area contributed by atoms with E-state index in [1.165, 1.54) is 6.33 Å². The quantitative estimate of drug-likeness (QED) is 0.783. The van der Waals surface area contributed by atoms with E-state index in [0.717, 1.165) is 5.56 Å². The number of amides is 1. The number of carbonyl (C=O) groups excluding carboxylic acids is 1. The largest absolute Gasteiger partial charge is 0.481 e. The summed E-state index contributed by atoms with van der Waals surface area (Å²) in [5.74, 6) is 0.417. The maximum Gasteiger partial charge on any atom is 0.288 e. The summed E-state index contributed by atoms with van der Waals surface area (Å²) >= 11 is 0. The number of hydrogen-bond acceptors (Lipinski definition) is 5. The van der Waals surface area contributed by atoms with E-state index in [0.29, 0.717) is 12.4 Å². The third-order valence-electron chi connectivity index (χ3n) is 2.09. The average molecular weight is 233 g/mol. The molecule has 1 amide bonds. The molecule has 0 radical (unpaired) electrons. The van der Waals surface area contributed by atoms with Gasteiger partial charge >= 0.3 is 0 Å². The summed E-state index contributed by atoms with van der Waals surface area (Å²) < 4.78 is 4.93. The molecule has 88 valence electrons. The Labute approximate surface area is 97.2 Å². The molecule has 2 aromatic heterocycles. The monoisotopic (exact) mass is 233 g/mol.